The van der Waals surface area contributed by atoms with Crippen LogP contribution in [-0.2, 0) is 0 Å². The number of benzene rings is 11. The Hall–Kier alpha value is -8.34. The van der Waals surface area contributed by atoms with Crippen LogP contribution in [0.5, 0.6) is 0 Å². The second kappa shape index (κ2) is 12.6. The van der Waals surface area contributed by atoms with E-state index in [-0.39, 0.29) is 0 Å². The minimum Gasteiger partial charge on any atom is -0.309 e. The van der Waals surface area contributed by atoms with Gasteiger partial charge in [0.15, 0.2) is 5.82 Å². The second-order valence-corrected chi connectivity index (χ2v) is 16.5. The van der Waals surface area contributed by atoms with Crippen molar-refractivity contribution in [2.45, 2.75) is 0 Å². The summed E-state index contributed by atoms with van der Waals surface area (Å²) in [4.78, 5) is 11.4. The fourth-order valence-corrected chi connectivity index (χ4v) is 10.6. The van der Waals surface area contributed by atoms with E-state index in [1.807, 2.05) is 0 Å². The fraction of sp³-hybridized carbons (Fsp3) is 0. The predicted octanol–water partition coefficient (Wildman–Crippen LogP) is 15.3. The van der Waals surface area contributed by atoms with Gasteiger partial charge in [0, 0.05) is 43.6 Å². The molecule has 0 saturated heterocycles. The lowest BCUT2D eigenvalue weighted by atomic mass is 9.91. The summed E-state index contributed by atoms with van der Waals surface area (Å²) in [7, 11) is 0. The van der Waals surface area contributed by atoms with Crippen molar-refractivity contribution >= 4 is 109 Å². The van der Waals surface area contributed by atoms with Crippen molar-refractivity contribution in [1.29, 1.82) is 0 Å². The number of fused-ring (bicyclic) bond motifs is 18. The van der Waals surface area contributed by atoms with E-state index in [0.717, 1.165) is 61.1 Å². The van der Waals surface area contributed by atoms with Crippen LogP contribution in [0.1, 0.15) is 0 Å². The van der Waals surface area contributed by atoms with E-state index < -0.39 is 0 Å². The largest absolute Gasteiger partial charge is 0.309 e. The summed E-state index contributed by atoms with van der Waals surface area (Å²) in [6.07, 6.45) is 0. The Kier molecular flexibility index (Phi) is 6.80. The van der Waals surface area contributed by atoms with Gasteiger partial charge >= 0.3 is 0 Å². The zero-order valence-corrected chi connectivity index (χ0v) is 33.4. The highest BCUT2D eigenvalue weighted by Crippen LogP contribution is 2.46. The first kappa shape index (κ1) is 33.5. The zero-order chi connectivity index (χ0) is 40.5. The van der Waals surface area contributed by atoms with E-state index in [1.54, 1.807) is 0 Å². The third-order valence-corrected chi connectivity index (χ3v) is 13.2. The lowest BCUT2D eigenvalue weighted by Gasteiger charge is -2.16. The maximum absolute atomic E-state index is 5.72. The molecule has 4 heteroatoms. The smallest absolute Gasteiger partial charge is 0.165 e. The predicted molar refractivity (Wildman–Crippen MR) is 261 cm³/mol. The molecule has 3 aromatic heterocycles. The summed E-state index contributed by atoms with van der Waals surface area (Å²) in [5.41, 5.74) is 9.25. The van der Waals surface area contributed by atoms with Crippen LogP contribution in [0.4, 0.5) is 0 Å². The van der Waals surface area contributed by atoms with E-state index in [9.17, 15) is 0 Å². The van der Waals surface area contributed by atoms with Crippen LogP contribution in [-0.4, -0.2) is 19.1 Å². The molecule has 14 rings (SSSR count). The molecule has 0 aliphatic rings. The van der Waals surface area contributed by atoms with Gasteiger partial charge in [-0.25, -0.2) is 9.97 Å². The Balaban J connectivity index is 1.17. The van der Waals surface area contributed by atoms with Crippen molar-refractivity contribution in [3.8, 4) is 22.8 Å². The van der Waals surface area contributed by atoms with Crippen LogP contribution in [0.3, 0.4) is 0 Å². The summed E-state index contributed by atoms with van der Waals surface area (Å²) in [5, 5.41) is 17.0. The standard InChI is InChI=1S/C58H34N4/c1-2-16-38(17-3-1)61-49-25-13-12-23-44(49)47-34-37(28-31-50(47)61)56-58(59-48-30-26-36-15-5-7-19-40(36)57(48)60-56)62-51-32-27-35-14-4-6-18-39(35)54(51)55-52(62)33-29-46-43-22-9-8-20-41(43)42-21-10-11-24-45(42)53(46)55/h1-34H. The zero-order valence-electron chi connectivity index (χ0n) is 33.4. The molecule has 0 aliphatic heterocycles. The molecule has 0 bridgehead atoms. The average molecular weight is 787 g/mol. The third kappa shape index (κ3) is 4.55. The maximum atomic E-state index is 5.72. The highest BCUT2D eigenvalue weighted by atomic mass is 15.1. The number of nitrogens with zero attached hydrogens (tertiary/aromatic N) is 4. The Bertz CT molecular complexity index is 4180. The minimum atomic E-state index is 0.804. The maximum Gasteiger partial charge on any atom is 0.165 e. The first-order valence-corrected chi connectivity index (χ1v) is 21.3. The highest BCUT2D eigenvalue weighted by molar-refractivity contribution is 6.38. The molecule has 0 unspecified atom stereocenters. The van der Waals surface area contributed by atoms with Crippen molar-refractivity contribution in [3.63, 3.8) is 0 Å². The Morgan fingerprint density at radius 3 is 1.65 bits per heavy atom. The van der Waals surface area contributed by atoms with Gasteiger partial charge in [-0.15, -0.1) is 0 Å². The summed E-state index contributed by atoms with van der Waals surface area (Å²) < 4.78 is 4.76. The van der Waals surface area contributed by atoms with Gasteiger partial charge in [0.05, 0.1) is 33.1 Å². The quantitative estimate of drug-likeness (QED) is 0.167. The number of aromatic nitrogens is 4. The highest BCUT2D eigenvalue weighted by Gasteiger charge is 2.25. The summed E-state index contributed by atoms with van der Waals surface area (Å²) >= 11 is 0. The summed E-state index contributed by atoms with van der Waals surface area (Å²) in [6.45, 7) is 0. The Labute approximate surface area is 355 Å². The molecule has 3 heterocycles. The minimum absolute atomic E-state index is 0.804. The van der Waals surface area contributed by atoms with Gasteiger partial charge < -0.3 is 4.57 Å². The van der Waals surface area contributed by atoms with E-state index >= 15 is 0 Å². The molecule has 62 heavy (non-hydrogen) atoms. The molecular weight excluding hydrogens is 753 g/mol. The number of hydrogen-bond acceptors (Lipinski definition) is 2. The van der Waals surface area contributed by atoms with Crippen LogP contribution in [0.2, 0.25) is 0 Å². The SMILES string of the molecule is c1ccc(-n2c3ccccc3c3cc(-c4nc5c(ccc6ccccc65)nc4-n4c5ccc6ccccc6c5c5c6c7ccccc7c7ccccc7c6ccc54)ccc32)cc1. The van der Waals surface area contributed by atoms with E-state index in [4.69, 9.17) is 9.97 Å². The first-order chi connectivity index (χ1) is 30.8. The van der Waals surface area contributed by atoms with Crippen molar-refractivity contribution in [2.24, 2.45) is 0 Å². The summed E-state index contributed by atoms with van der Waals surface area (Å²) in [5.74, 6) is 0.804. The molecule has 0 saturated carbocycles. The van der Waals surface area contributed by atoms with Crippen molar-refractivity contribution in [2.75, 3.05) is 0 Å². The molecule has 0 aliphatic carbocycles. The van der Waals surface area contributed by atoms with E-state index in [0.29, 0.717) is 0 Å². The third-order valence-electron chi connectivity index (χ3n) is 13.2. The normalized spacial score (nSPS) is 12.2. The molecule has 11 aromatic carbocycles. The number of para-hydroxylation sites is 2. The van der Waals surface area contributed by atoms with Gasteiger partial charge in [0.2, 0.25) is 0 Å². The van der Waals surface area contributed by atoms with E-state index in [2.05, 4.69) is 215 Å². The fourth-order valence-electron chi connectivity index (χ4n) is 10.6. The van der Waals surface area contributed by atoms with Gasteiger partial charge in [-0.05, 0) is 91.6 Å². The topological polar surface area (TPSA) is 35.6 Å². The van der Waals surface area contributed by atoms with Crippen LogP contribution in [0.15, 0.2) is 206 Å². The molecule has 0 spiro atoms. The molecule has 4 nitrogen and oxygen atoms in total. The van der Waals surface area contributed by atoms with Crippen molar-refractivity contribution in [3.05, 3.63) is 206 Å². The number of rotatable bonds is 3. The molecule has 14 aromatic rings. The van der Waals surface area contributed by atoms with E-state index in [1.165, 1.54) is 70.2 Å². The van der Waals surface area contributed by atoms with Crippen molar-refractivity contribution in [1.82, 2.24) is 19.1 Å². The van der Waals surface area contributed by atoms with Gasteiger partial charge in [0.1, 0.15) is 5.69 Å². The Morgan fingerprint density at radius 1 is 0.306 bits per heavy atom. The molecule has 0 radical (unpaired) electrons. The van der Waals surface area contributed by atoms with Gasteiger partial charge in [-0.1, -0.05) is 158 Å². The molecule has 0 N–H and O–H groups in total. The Morgan fingerprint density at radius 2 is 0.855 bits per heavy atom. The lowest BCUT2D eigenvalue weighted by molar-refractivity contribution is 1.08. The van der Waals surface area contributed by atoms with Gasteiger partial charge in [-0.2, -0.15) is 0 Å². The number of hydrogen-bond donors (Lipinski definition) is 0. The monoisotopic (exact) mass is 786 g/mol. The van der Waals surface area contributed by atoms with Crippen LogP contribution >= 0.6 is 0 Å². The van der Waals surface area contributed by atoms with Crippen LogP contribution < -0.4 is 0 Å². The first-order valence-electron chi connectivity index (χ1n) is 21.3. The molecule has 0 fully saturated rings. The summed E-state index contributed by atoms with van der Waals surface area (Å²) in [6, 6.07) is 74.8. The molecule has 0 atom stereocenters. The van der Waals surface area contributed by atoms with Crippen LogP contribution in [0.25, 0.3) is 131 Å². The van der Waals surface area contributed by atoms with Gasteiger partial charge in [-0.3, -0.25) is 4.57 Å². The lowest BCUT2D eigenvalue weighted by Crippen LogP contribution is -2.04. The van der Waals surface area contributed by atoms with Crippen LogP contribution in [0, 0.1) is 0 Å². The molecule has 0 amide bonds. The average Bonchev–Trinajstić information content (AvgIpc) is 3.86. The second-order valence-electron chi connectivity index (χ2n) is 16.5. The van der Waals surface area contributed by atoms with Crippen molar-refractivity contribution < 1.29 is 0 Å². The molecule has 286 valence electrons. The molecular formula is C58H34N4. The van der Waals surface area contributed by atoms with Gasteiger partial charge in [0.25, 0.3) is 0 Å².